The molecule has 110 valence electrons. The van der Waals surface area contributed by atoms with Gasteiger partial charge >= 0.3 is 6.36 Å². The molecular formula is C12H10Cl2F3NO2. The van der Waals surface area contributed by atoms with E-state index in [2.05, 4.69) is 4.74 Å². The van der Waals surface area contributed by atoms with Gasteiger partial charge in [0.25, 0.3) is 0 Å². The van der Waals surface area contributed by atoms with Gasteiger partial charge in [-0.25, -0.2) is 0 Å². The summed E-state index contributed by atoms with van der Waals surface area (Å²) in [6.07, 6.45) is -4.71. The van der Waals surface area contributed by atoms with Crippen LogP contribution in [0.1, 0.15) is 17.4 Å². The molecule has 0 unspecified atom stereocenters. The lowest BCUT2D eigenvalue weighted by atomic mass is 10.1. The van der Waals surface area contributed by atoms with Crippen LogP contribution in [0.4, 0.5) is 13.2 Å². The Labute approximate surface area is 123 Å². The number of rotatable bonds is 3. The number of benzene rings is 1. The van der Waals surface area contributed by atoms with Gasteiger partial charge in [-0.3, -0.25) is 0 Å². The maximum Gasteiger partial charge on any atom is 0.573 e. The number of hydrogen-bond donors (Lipinski definition) is 1. The van der Waals surface area contributed by atoms with Crippen molar-refractivity contribution >= 4 is 24.0 Å². The van der Waals surface area contributed by atoms with Crippen molar-refractivity contribution in [2.75, 3.05) is 0 Å². The Kier molecular flexibility index (Phi) is 5.33. The molecule has 0 aliphatic rings. The molecule has 0 bridgehead atoms. The molecule has 0 saturated heterocycles. The second kappa shape index (κ2) is 6.39. The van der Waals surface area contributed by atoms with Crippen molar-refractivity contribution in [3.05, 3.63) is 52.9 Å². The van der Waals surface area contributed by atoms with Crippen LogP contribution in [-0.4, -0.2) is 6.36 Å². The van der Waals surface area contributed by atoms with E-state index in [-0.39, 0.29) is 23.4 Å². The molecule has 0 radical (unpaired) electrons. The molecule has 20 heavy (non-hydrogen) atoms. The maximum atomic E-state index is 12.0. The van der Waals surface area contributed by atoms with E-state index in [1.54, 1.807) is 6.07 Å². The van der Waals surface area contributed by atoms with Crippen molar-refractivity contribution in [3.8, 4) is 5.75 Å². The summed E-state index contributed by atoms with van der Waals surface area (Å²) >= 11 is 5.62. The van der Waals surface area contributed by atoms with Crippen molar-refractivity contribution in [2.24, 2.45) is 5.73 Å². The van der Waals surface area contributed by atoms with Crippen LogP contribution in [0.3, 0.4) is 0 Å². The van der Waals surface area contributed by atoms with Crippen LogP contribution in [0.25, 0.3) is 0 Å². The molecule has 0 spiro atoms. The fourth-order valence-corrected chi connectivity index (χ4v) is 1.69. The molecule has 3 nitrogen and oxygen atoms in total. The Morgan fingerprint density at radius 1 is 1.10 bits per heavy atom. The standard InChI is InChI=1S/C12H9ClF3NO2.ClH/c13-10-6-5-9(18-10)11(17)7-1-3-8(4-2-7)19-12(14,15)16;/h1-6,11H,17H2;1H/t11-;/m1./s1. The van der Waals surface area contributed by atoms with Crippen LogP contribution >= 0.6 is 24.0 Å². The van der Waals surface area contributed by atoms with Crippen LogP contribution < -0.4 is 10.5 Å². The second-order valence-corrected chi connectivity index (χ2v) is 4.11. The van der Waals surface area contributed by atoms with Crippen molar-refractivity contribution in [3.63, 3.8) is 0 Å². The fourth-order valence-electron chi connectivity index (χ4n) is 1.54. The van der Waals surface area contributed by atoms with Gasteiger partial charge in [-0.15, -0.1) is 25.6 Å². The summed E-state index contributed by atoms with van der Waals surface area (Å²) < 4.78 is 44.9. The zero-order valence-corrected chi connectivity index (χ0v) is 11.4. The number of halogens is 5. The molecule has 0 saturated carbocycles. The van der Waals surface area contributed by atoms with Gasteiger partial charge in [0.1, 0.15) is 11.5 Å². The quantitative estimate of drug-likeness (QED) is 0.914. The molecule has 0 aliphatic heterocycles. The summed E-state index contributed by atoms with van der Waals surface area (Å²) in [6, 6.07) is 7.78. The zero-order chi connectivity index (χ0) is 14.0. The largest absolute Gasteiger partial charge is 0.573 e. The average molecular weight is 328 g/mol. The molecule has 1 atom stereocenters. The van der Waals surface area contributed by atoms with E-state index in [4.69, 9.17) is 21.8 Å². The van der Waals surface area contributed by atoms with Crippen LogP contribution in [0, 0.1) is 0 Å². The highest BCUT2D eigenvalue weighted by atomic mass is 35.5. The highest BCUT2D eigenvalue weighted by Crippen LogP contribution is 2.27. The lowest BCUT2D eigenvalue weighted by Gasteiger charge is -2.12. The first-order valence-corrected chi connectivity index (χ1v) is 5.59. The summed E-state index contributed by atoms with van der Waals surface area (Å²) in [5.41, 5.74) is 6.48. The van der Waals surface area contributed by atoms with Crippen LogP contribution in [0.5, 0.6) is 5.75 Å². The number of nitrogens with two attached hydrogens (primary N) is 1. The minimum atomic E-state index is -4.71. The number of ether oxygens (including phenoxy) is 1. The maximum absolute atomic E-state index is 12.0. The van der Waals surface area contributed by atoms with E-state index in [0.29, 0.717) is 11.3 Å². The monoisotopic (exact) mass is 327 g/mol. The Hall–Kier alpha value is -1.37. The average Bonchev–Trinajstić information content (AvgIpc) is 2.74. The third kappa shape index (κ3) is 4.33. The predicted octanol–water partition coefficient (Wildman–Crippen LogP) is 4.30. The second-order valence-electron chi connectivity index (χ2n) is 3.74. The van der Waals surface area contributed by atoms with Crippen LogP contribution in [0.15, 0.2) is 40.8 Å². The van der Waals surface area contributed by atoms with Crippen molar-refractivity contribution in [1.29, 1.82) is 0 Å². The van der Waals surface area contributed by atoms with Gasteiger partial charge < -0.3 is 14.9 Å². The molecule has 0 amide bonds. The van der Waals surface area contributed by atoms with Crippen LogP contribution in [-0.2, 0) is 0 Å². The van der Waals surface area contributed by atoms with Gasteiger partial charge in [-0.05, 0) is 41.4 Å². The summed E-state index contributed by atoms with van der Waals surface area (Å²) in [5.74, 6) is 0.121. The lowest BCUT2D eigenvalue weighted by molar-refractivity contribution is -0.274. The number of furan rings is 1. The molecule has 0 aliphatic carbocycles. The van der Waals surface area contributed by atoms with E-state index >= 15 is 0 Å². The summed E-state index contributed by atoms with van der Waals surface area (Å²) in [7, 11) is 0. The van der Waals surface area contributed by atoms with Gasteiger partial charge in [0.2, 0.25) is 0 Å². The number of hydrogen-bond acceptors (Lipinski definition) is 3. The third-order valence-corrected chi connectivity index (χ3v) is 2.58. The Balaban J connectivity index is 0.00000200. The van der Waals surface area contributed by atoms with E-state index in [1.807, 2.05) is 0 Å². The van der Waals surface area contributed by atoms with Crippen molar-refractivity contribution in [1.82, 2.24) is 0 Å². The van der Waals surface area contributed by atoms with E-state index in [9.17, 15) is 13.2 Å². The minimum Gasteiger partial charge on any atom is -0.448 e. The third-order valence-electron chi connectivity index (χ3n) is 2.37. The Morgan fingerprint density at radius 3 is 2.15 bits per heavy atom. The molecule has 2 rings (SSSR count). The van der Waals surface area contributed by atoms with Crippen LogP contribution in [0.2, 0.25) is 5.22 Å². The molecule has 2 N–H and O–H groups in total. The first-order chi connectivity index (χ1) is 8.85. The predicted molar refractivity (Wildman–Crippen MR) is 70.1 cm³/mol. The SMILES string of the molecule is Cl.N[C@H](c1ccc(OC(F)(F)F)cc1)c1ccc(Cl)o1. The topological polar surface area (TPSA) is 48.4 Å². The van der Waals surface area contributed by atoms with E-state index in [1.165, 1.54) is 30.3 Å². The molecule has 0 fully saturated rings. The van der Waals surface area contributed by atoms with Gasteiger partial charge in [0.05, 0.1) is 6.04 Å². The summed E-state index contributed by atoms with van der Waals surface area (Å²) in [6.45, 7) is 0. The van der Waals surface area contributed by atoms with E-state index in [0.717, 1.165) is 0 Å². The number of alkyl halides is 3. The first kappa shape index (κ1) is 16.7. The molecule has 8 heteroatoms. The molecular weight excluding hydrogens is 318 g/mol. The highest BCUT2D eigenvalue weighted by molar-refractivity contribution is 6.28. The zero-order valence-electron chi connectivity index (χ0n) is 9.86. The van der Waals surface area contributed by atoms with Crippen molar-refractivity contribution in [2.45, 2.75) is 12.4 Å². The Morgan fingerprint density at radius 2 is 1.70 bits per heavy atom. The van der Waals surface area contributed by atoms with E-state index < -0.39 is 12.4 Å². The first-order valence-electron chi connectivity index (χ1n) is 5.22. The normalized spacial score (nSPS) is 12.7. The fraction of sp³-hybridized carbons (Fsp3) is 0.167. The lowest BCUT2D eigenvalue weighted by Crippen LogP contribution is -2.17. The smallest absolute Gasteiger partial charge is 0.448 e. The van der Waals surface area contributed by atoms with Gasteiger partial charge in [0.15, 0.2) is 5.22 Å². The minimum absolute atomic E-state index is 0. The summed E-state index contributed by atoms with van der Waals surface area (Å²) in [5, 5.41) is 0.197. The van der Waals surface area contributed by atoms with Crippen molar-refractivity contribution < 1.29 is 22.3 Å². The molecule has 1 aromatic carbocycles. The molecule has 1 aromatic heterocycles. The van der Waals surface area contributed by atoms with Gasteiger partial charge in [-0.1, -0.05) is 12.1 Å². The highest BCUT2D eigenvalue weighted by Gasteiger charge is 2.31. The van der Waals surface area contributed by atoms with Gasteiger partial charge in [0, 0.05) is 0 Å². The molecule has 2 aromatic rings. The van der Waals surface area contributed by atoms with Gasteiger partial charge in [-0.2, -0.15) is 0 Å². The summed E-state index contributed by atoms with van der Waals surface area (Å²) in [4.78, 5) is 0. The molecule has 1 heterocycles. The Bertz CT molecular complexity index is 555.